The van der Waals surface area contributed by atoms with Crippen molar-refractivity contribution in [2.45, 2.75) is 47.7 Å². The van der Waals surface area contributed by atoms with E-state index in [1.165, 1.54) is 6.20 Å². The first kappa shape index (κ1) is 26.2. The summed E-state index contributed by atoms with van der Waals surface area (Å²) in [7, 11) is 1.85. The maximum Gasteiger partial charge on any atom is 0.309 e. The number of likely N-dealkylation sites (N-methyl/N-ethyl adjacent to an activating group) is 1. The zero-order valence-corrected chi connectivity index (χ0v) is 23.0. The van der Waals surface area contributed by atoms with Gasteiger partial charge in [0, 0.05) is 68.1 Å². The van der Waals surface area contributed by atoms with Crippen LogP contribution in [0.4, 0.5) is 4.39 Å². The van der Waals surface area contributed by atoms with Crippen molar-refractivity contribution in [1.29, 1.82) is 0 Å². The van der Waals surface area contributed by atoms with Crippen LogP contribution in [0.2, 0.25) is 0 Å². The molecule has 11 heteroatoms. The highest BCUT2D eigenvalue weighted by Crippen LogP contribution is 2.33. The molecule has 2 amide bonds. The molecule has 4 aromatic rings. The van der Waals surface area contributed by atoms with E-state index in [2.05, 4.69) is 36.7 Å². The topological polar surface area (TPSA) is 111 Å². The molecule has 0 saturated carbocycles. The van der Waals surface area contributed by atoms with E-state index >= 15 is 0 Å². The number of rotatable bonds is 2. The third kappa shape index (κ3) is 4.47. The number of carbonyl (C=O) groups is 2. The Balaban J connectivity index is 0.000000158. The SMILES string of the molecule is Cc1c(-c2ccnc(F)n2)c(C)n2c1C(=O)NCC2.Cc1nccc(-c2c(C)c3n(c2C)CCN(C)C3=O)n1. The number of carbonyl (C=O) groups excluding carboxylic acids is 2. The number of hydrogen-bond donors (Lipinski definition) is 1. The maximum atomic E-state index is 13.2. The summed E-state index contributed by atoms with van der Waals surface area (Å²) in [5.74, 6) is 0.746. The first-order valence-electron chi connectivity index (χ1n) is 12.8. The molecule has 0 bridgehead atoms. The zero-order chi connectivity index (χ0) is 28.0. The molecular weight excluding hydrogens is 499 g/mol. The van der Waals surface area contributed by atoms with Gasteiger partial charge in [-0.05, 0) is 57.9 Å². The molecule has 0 spiro atoms. The molecule has 0 aliphatic carbocycles. The lowest BCUT2D eigenvalue weighted by Crippen LogP contribution is -2.37. The molecule has 1 N–H and O–H groups in total. The molecule has 2 aliphatic heterocycles. The van der Waals surface area contributed by atoms with Crippen molar-refractivity contribution in [3.8, 4) is 22.5 Å². The first-order valence-corrected chi connectivity index (χ1v) is 12.8. The van der Waals surface area contributed by atoms with E-state index in [1.807, 2.05) is 45.4 Å². The normalized spacial score (nSPS) is 14.4. The van der Waals surface area contributed by atoms with Gasteiger partial charge in [-0.25, -0.2) is 19.9 Å². The van der Waals surface area contributed by atoms with Crippen LogP contribution >= 0.6 is 0 Å². The monoisotopic (exact) mass is 530 g/mol. The fourth-order valence-electron chi connectivity index (χ4n) is 5.64. The van der Waals surface area contributed by atoms with Gasteiger partial charge in [0.15, 0.2) is 0 Å². The van der Waals surface area contributed by atoms with Gasteiger partial charge in [-0.3, -0.25) is 9.59 Å². The Morgan fingerprint density at radius 2 is 1.38 bits per heavy atom. The average molecular weight is 531 g/mol. The van der Waals surface area contributed by atoms with Crippen molar-refractivity contribution in [1.82, 2.24) is 39.3 Å². The van der Waals surface area contributed by atoms with Gasteiger partial charge >= 0.3 is 6.08 Å². The van der Waals surface area contributed by atoms with Crippen LogP contribution in [0.25, 0.3) is 22.5 Å². The van der Waals surface area contributed by atoms with Crippen LogP contribution in [0.5, 0.6) is 0 Å². The van der Waals surface area contributed by atoms with E-state index in [4.69, 9.17) is 0 Å². The summed E-state index contributed by atoms with van der Waals surface area (Å²) in [5, 5.41) is 2.82. The molecule has 0 fully saturated rings. The summed E-state index contributed by atoms with van der Waals surface area (Å²) in [5.41, 5.74) is 8.59. The van der Waals surface area contributed by atoms with Crippen molar-refractivity contribution < 1.29 is 14.0 Å². The van der Waals surface area contributed by atoms with E-state index in [1.54, 1.807) is 17.2 Å². The number of nitrogens with one attached hydrogen (secondary N) is 1. The van der Waals surface area contributed by atoms with Gasteiger partial charge in [0.1, 0.15) is 17.2 Å². The molecule has 6 rings (SSSR count). The highest BCUT2D eigenvalue weighted by atomic mass is 19.1. The molecule has 2 aliphatic rings. The number of fused-ring (bicyclic) bond motifs is 2. The van der Waals surface area contributed by atoms with Crippen LogP contribution in [0.15, 0.2) is 24.5 Å². The predicted octanol–water partition coefficient (Wildman–Crippen LogP) is 3.40. The number of hydrogen-bond acceptors (Lipinski definition) is 6. The van der Waals surface area contributed by atoms with E-state index in [0.29, 0.717) is 17.9 Å². The van der Waals surface area contributed by atoms with Crippen molar-refractivity contribution in [2.75, 3.05) is 20.1 Å². The Bertz CT molecular complexity index is 1620. The number of aromatic nitrogens is 6. The van der Waals surface area contributed by atoms with Gasteiger partial charge in [-0.15, -0.1) is 0 Å². The van der Waals surface area contributed by atoms with Crippen LogP contribution in [0.3, 0.4) is 0 Å². The lowest BCUT2D eigenvalue weighted by molar-refractivity contribution is 0.0747. The molecule has 6 heterocycles. The lowest BCUT2D eigenvalue weighted by atomic mass is 10.1. The second-order valence-corrected chi connectivity index (χ2v) is 9.85. The minimum atomic E-state index is -0.759. The molecule has 202 valence electrons. The molecule has 0 atom stereocenters. The van der Waals surface area contributed by atoms with Gasteiger partial charge in [-0.2, -0.15) is 4.39 Å². The lowest BCUT2D eigenvalue weighted by Gasteiger charge is -2.25. The quantitative estimate of drug-likeness (QED) is 0.398. The molecule has 4 aromatic heterocycles. The molecule has 0 saturated heterocycles. The van der Waals surface area contributed by atoms with Gasteiger partial charge < -0.3 is 19.4 Å². The summed E-state index contributed by atoms with van der Waals surface area (Å²) in [6.07, 6.45) is 2.39. The van der Waals surface area contributed by atoms with E-state index in [0.717, 1.165) is 70.5 Å². The van der Waals surface area contributed by atoms with E-state index in [9.17, 15) is 14.0 Å². The molecule has 0 aromatic carbocycles. The van der Waals surface area contributed by atoms with Crippen LogP contribution in [0, 0.1) is 40.7 Å². The Morgan fingerprint density at radius 1 is 0.795 bits per heavy atom. The summed E-state index contributed by atoms with van der Waals surface area (Å²) in [6, 6.07) is 3.56. The second-order valence-electron chi connectivity index (χ2n) is 9.85. The van der Waals surface area contributed by atoms with Crippen LogP contribution in [-0.4, -0.2) is 65.9 Å². The van der Waals surface area contributed by atoms with Gasteiger partial charge in [0.25, 0.3) is 11.8 Å². The Labute approximate surface area is 225 Å². The summed E-state index contributed by atoms with van der Waals surface area (Å²) < 4.78 is 17.2. The van der Waals surface area contributed by atoms with Crippen molar-refractivity contribution in [3.05, 3.63) is 70.3 Å². The summed E-state index contributed by atoms with van der Waals surface area (Å²) in [6.45, 7) is 12.6. The summed E-state index contributed by atoms with van der Waals surface area (Å²) >= 11 is 0. The fraction of sp³-hybridized carbons (Fsp3) is 0.357. The fourth-order valence-corrected chi connectivity index (χ4v) is 5.64. The standard InChI is InChI=1S/C15H18N4O.C13H13FN4O/c1-9-13(12-5-6-16-11(3)17-12)10(2)19-8-7-18(4)15(20)14(9)19;1-7-10(9-3-4-16-13(14)17-9)8(2)18-6-5-15-12(19)11(7)18/h5-6H,7-8H2,1-4H3;3-4H,5-6H2,1-2H3,(H,15,19). The largest absolute Gasteiger partial charge is 0.349 e. The molecular formula is C28H31FN8O2. The van der Waals surface area contributed by atoms with Crippen molar-refractivity contribution in [3.63, 3.8) is 0 Å². The highest BCUT2D eigenvalue weighted by molar-refractivity contribution is 5.98. The Kier molecular flexibility index (Phi) is 6.75. The minimum absolute atomic E-state index is 0.0902. The van der Waals surface area contributed by atoms with Gasteiger partial charge in [0.05, 0.1) is 11.4 Å². The highest BCUT2D eigenvalue weighted by Gasteiger charge is 2.29. The number of aryl methyl sites for hydroxylation is 1. The second kappa shape index (κ2) is 10.0. The number of halogens is 1. The third-order valence-corrected chi connectivity index (χ3v) is 7.49. The molecule has 0 radical (unpaired) electrons. The van der Waals surface area contributed by atoms with Gasteiger partial charge in [0.2, 0.25) is 0 Å². The minimum Gasteiger partial charge on any atom is -0.349 e. The Hall–Kier alpha value is -4.41. The van der Waals surface area contributed by atoms with Crippen molar-refractivity contribution >= 4 is 11.8 Å². The zero-order valence-electron chi connectivity index (χ0n) is 23.0. The van der Waals surface area contributed by atoms with Crippen LogP contribution in [-0.2, 0) is 13.1 Å². The van der Waals surface area contributed by atoms with Crippen molar-refractivity contribution in [2.24, 2.45) is 0 Å². The summed E-state index contributed by atoms with van der Waals surface area (Å²) in [4.78, 5) is 42.0. The number of amides is 2. The third-order valence-electron chi connectivity index (χ3n) is 7.49. The van der Waals surface area contributed by atoms with E-state index in [-0.39, 0.29) is 11.8 Å². The first-order chi connectivity index (χ1) is 18.6. The molecule has 39 heavy (non-hydrogen) atoms. The smallest absolute Gasteiger partial charge is 0.309 e. The molecule has 10 nitrogen and oxygen atoms in total. The van der Waals surface area contributed by atoms with E-state index < -0.39 is 6.08 Å². The van der Waals surface area contributed by atoms with Crippen LogP contribution in [0.1, 0.15) is 49.3 Å². The Morgan fingerprint density at radius 3 is 2.00 bits per heavy atom. The average Bonchev–Trinajstić information content (AvgIpc) is 3.31. The maximum absolute atomic E-state index is 13.2. The van der Waals surface area contributed by atoms with Gasteiger partial charge in [-0.1, -0.05) is 0 Å². The predicted molar refractivity (Wildman–Crippen MR) is 144 cm³/mol. The van der Waals surface area contributed by atoms with Crippen LogP contribution < -0.4 is 5.32 Å². The number of nitrogens with zero attached hydrogens (tertiary/aromatic N) is 7. The molecule has 0 unspecified atom stereocenters.